The van der Waals surface area contributed by atoms with E-state index in [1.807, 2.05) is 0 Å². The molecule has 0 aliphatic heterocycles. The van der Waals surface area contributed by atoms with E-state index < -0.39 is 21.7 Å². The molecule has 38 heavy (non-hydrogen) atoms. The first-order chi connectivity index (χ1) is 18.1. The summed E-state index contributed by atoms with van der Waals surface area (Å²) in [6.45, 7) is 0.197. The van der Waals surface area contributed by atoms with Crippen molar-refractivity contribution in [2.75, 3.05) is 6.26 Å². The SMILES string of the molecule is CS(=O)(=O)c1cccc(-c2csc(-c3cc(C(F)(F)F)nn3-c3ccccc3OCc3ccncc3)c2)c1. The van der Waals surface area contributed by atoms with Gasteiger partial charge >= 0.3 is 6.18 Å². The number of sulfone groups is 1. The first kappa shape index (κ1) is 25.7. The molecule has 0 bridgehead atoms. The predicted octanol–water partition coefficient (Wildman–Crippen LogP) is 6.66. The minimum absolute atomic E-state index is 0.160. The minimum atomic E-state index is -4.66. The van der Waals surface area contributed by atoms with Crippen molar-refractivity contribution in [3.63, 3.8) is 0 Å². The smallest absolute Gasteiger partial charge is 0.435 e. The van der Waals surface area contributed by atoms with Crippen LogP contribution in [0.5, 0.6) is 5.75 Å². The van der Waals surface area contributed by atoms with Gasteiger partial charge in [0.2, 0.25) is 0 Å². The summed E-state index contributed by atoms with van der Waals surface area (Å²) in [5, 5.41) is 5.67. The number of nitrogens with zero attached hydrogens (tertiary/aromatic N) is 3. The molecule has 5 aromatic rings. The molecule has 2 aromatic carbocycles. The summed E-state index contributed by atoms with van der Waals surface area (Å²) in [4.78, 5) is 4.66. The summed E-state index contributed by atoms with van der Waals surface area (Å²) in [6, 6.07) is 19.5. The van der Waals surface area contributed by atoms with Gasteiger partial charge in [0.15, 0.2) is 15.5 Å². The van der Waals surface area contributed by atoms with Crippen LogP contribution in [0.3, 0.4) is 0 Å². The van der Waals surface area contributed by atoms with Gasteiger partial charge in [0.1, 0.15) is 18.0 Å². The summed E-state index contributed by atoms with van der Waals surface area (Å²) in [7, 11) is -3.42. The molecule has 0 fully saturated rings. The van der Waals surface area contributed by atoms with Crippen LogP contribution in [0.15, 0.2) is 95.5 Å². The van der Waals surface area contributed by atoms with Gasteiger partial charge in [0.25, 0.3) is 0 Å². The summed E-state index contributed by atoms with van der Waals surface area (Å²) in [5.41, 5.74) is 1.71. The van der Waals surface area contributed by atoms with Gasteiger partial charge in [-0.3, -0.25) is 4.98 Å². The summed E-state index contributed by atoms with van der Waals surface area (Å²) >= 11 is 1.23. The number of halogens is 3. The standard InChI is InChI=1S/C27H20F3N3O3S2/c1-38(34,35)21-6-4-5-19(13-21)20-14-25(37-17-20)23-15-26(27(28,29)30)32-33(23)22-7-2-3-8-24(22)36-16-18-9-11-31-12-10-18/h2-15,17H,16H2,1H3. The monoisotopic (exact) mass is 555 g/mol. The average Bonchev–Trinajstić information content (AvgIpc) is 3.56. The normalized spacial score (nSPS) is 12.0. The van der Waals surface area contributed by atoms with Crippen LogP contribution in [0.25, 0.3) is 27.4 Å². The maximum absolute atomic E-state index is 13.7. The Morgan fingerprint density at radius 2 is 1.71 bits per heavy atom. The molecule has 0 aliphatic carbocycles. The topological polar surface area (TPSA) is 74.1 Å². The van der Waals surface area contributed by atoms with Crippen molar-refractivity contribution in [2.45, 2.75) is 17.7 Å². The number of benzene rings is 2. The molecule has 3 aromatic heterocycles. The zero-order valence-electron chi connectivity index (χ0n) is 19.9. The number of rotatable bonds is 7. The molecule has 6 nitrogen and oxygen atoms in total. The third kappa shape index (κ3) is 5.48. The third-order valence-electron chi connectivity index (χ3n) is 5.68. The van der Waals surface area contributed by atoms with Crippen molar-refractivity contribution in [3.05, 3.63) is 102 Å². The maximum Gasteiger partial charge on any atom is 0.435 e. The Hall–Kier alpha value is -3.96. The fourth-order valence-corrected chi connectivity index (χ4v) is 5.39. The van der Waals surface area contributed by atoms with Gasteiger partial charge < -0.3 is 4.74 Å². The molecule has 0 spiro atoms. The molecular weight excluding hydrogens is 535 g/mol. The molecule has 0 atom stereocenters. The van der Waals surface area contributed by atoms with Gasteiger partial charge in [-0.2, -0.15) is 18.3 Å². The van der Waals surface area contributed by atoms with Crippen molar-refractivity contribution >= 4 is 21.2 Å². The average molecular weight is 556 g/mol. The first-order valence-electron chi connectivity index (χ1n) is 11.3. The Morgan fingerprint density at radius 3 is 2.45 bits per heavy atom. The first-order valence-corrected chi connectivity index (χ1v) is 14.0. The molecule has 0 N–H and O–H groups in total. The zero-order chi connectivity index (χ0) is 26.9. The lowest BCUT2D eigenvalue weighted by Crippen LogP contribution is -2.08. The molecule has 3 heterocycles. The molecule has 194 valence electrons. The van der Waals surface area contributed by atoms with Gasteiger partial charge in [-0.25, -0.2) is 13.1 Å². The Morgan fingerprint density at radius 1 is 0.947 bits per heavy atom. The van der Waals surface area contributed by atoms with E-state index in [1.54, 1.807) is 78.4 Å². The lowest BCUT2D eigenvalue weighted by atomic mass is 10.1. The Labute approximate surface area is 220 Å². The highest BCUT2D eigenvalue weighted by atomic mass is 32.2. The van der Waals surface area contributed by atoms with E-state index in [-0.39, 0.29) is 17.2 Å². The Balaban J connectivity index is 1.56. The van der Waals surface area contributed by atoms with E-state index >= 15 is 0 Å². The van der Waals surface area contributed by atoms with E-state index in [0.717, 1.165) is 17.9 Å². The van der Waals surface area contributed by atoms with Crippen molar-refractivity contribution in [3.8, 4) is 33.1 Å². The van der Waals surface area contributed by atoms with Gasteiger partial charge in [-0.15, -0.1) is 11.3 Å². The molecule has 0 aliphatic rings. The number of para-hydroxylation sites is 2. The lowest BCUT2D eigenvalue weighted by molar-refractivity contribution is -0.141. The highest BCUT2D eigenvalue weighted by Crippen LogP contribution is 2.39. The van der Waals surface area contributed by atoms with Gasteiger partial charge in [0, 0.05) is 18.6 Å². The largest absolute Gasteiger partial charge is 0.487 e. The van der Waals surface area contributed by atoms with Gasteiger partial charge in [-0.05, 0) is 70.6 Å². The fraction of sp³-hybridized carbons (Fsp3) is 0.111. The second-order valence-electron chi connectivity index (χ2n) is 8.44. The third-order valence-corrected chi connectivity index (χ3v) is 7.75. The van der Waals surface area contributed by atoms with Crippen LogP contribution in [-0.4, -0.2) is 29.4 Å². The highest BCUT2D eigenvalue weighted by molar-refractivity contribution is 7.90. The second-order valence-corrected chi connectivity index (χ2v) is 11.4. The van der Waals surface area contributed by atoms with E-state index in [9.17, 15) is 21.6 Å². The number of aromatic nitrogens is 3. The molecular formula is C27H20F3N3O3S2. The van der Waals surface area contributed by atoms with Crippen LogP contribution in [0.1, 0.15) is 11.3 Å². The summed E-state index contributed by atoms with van der Waals surface area (Å²) in [6.07, 6.45) is -0.273. The Kier molecular flexibility index (Phi) is 6.80. The van der Waals surface area contributed by atoms with E-state index in [4.69, 9.17) is 4.74 Å². The van der Waals surface area contributed by atoms with Gasteiger partial charge in [0.05, 0.1) is 15.5 Å². The fourth-order valence-electron chi connectivity index (χ4n) is 3.80. The van der Waals surface area contributed by atoms with Crippen LogP contribution >= 0.6 is 11.3 Å². The number of hydrogen-bond acceptors (Lipinski definition) is 6. The van der Waals surface area contributed by atoms with Crippen LogP contribution in [0.2, 0.25) is 0 Å². The number of hydrogen-bond donors (Lipinski definition) is 0. The van der Waals surface area contributed by atoms with Crippen molar-refractivity contribution in [2.24, 2.45) is 0 Å². The van der Waals surface area contributed by atoms with Crippen molar-refractivity contribution in [1.29, 1.82) is 0 Å². The van der Waals surface area contributed by atoms with Crippen molar-refractivity contribution in [1.82, 2.24) is 14.8 Å². The zero-order valence-corrected chi connectivity index (χ0v) is 21.5. The molecule has 0 amide bonds. The van der Waals surface area contributed by atoms with Gasteiger partial charge in [-0.1, -0.05) is 24.3 Å². The van der Waals surface area contributed by atoms with Crippen LogP contribution in [-0.2, 0) is 22.6 Å². The lowest BCUT2D eigenvalue weighted by Gasteiger charge is -2.13. The maximum atomic E-state index is 13.7. The predicted molar refractivity (Wildman–Crippen MR) is 139 cm³/mol. The Bertz CT molecular complexity index is 1700. The molecule has 5 rings (SSSR count). The number of pyridine rings is 1. The quantitative estimate of drug-likeness (QED) is 0.224. The molecule has 0 saturated heterocycles. The summed E-state index contributed by atoms with van der Waals surface area (Å²) < 4.78 is 72.4. The second kappa shape index (κ2) is 10.1. The van der Waals surface area contributed by atoms with Crippen LogP contribution in [0, 0.1) is 0 Å². The minimum Gasteiger partial charge on any atom is -0.487 e. The summed E-state index contributed by atoms with van der Waals surface area (Å²) in [5.74, 6) is 0.361. The van der Waals surface area contributed by atoms with Crippen LogP contribution < -0.4 is 4.74 Å². The van der Waals surface area contributed by atoms with Crippen molar-refractivity contribution < 1.29 is 26.3 Å². The van der Waals surface area contributed by atoms with E-state index in [2.05, 4.69) is 10.1 Å². The van der Waals surface area contributed by atoms with E-state index in [1.165, 1.54) is 22.1 Å². The molecule has 0 unspecified atom stereocenters. The molecule has 0 radical (unpaired) electrons. The molecule has 0 saturated carbocycles. The number of ether oxygens (including phenoxy) is 1. The van der Waals surface area contributed by atoms with Crippen LogP contribution in [0.4, 0.5) is 13.2 Å². The molecule has 11 heteroatoms. The highest BCUT2D eigenvalue weighted by Gasteiger charge is 2.36. The number of alkyl halides is 3. The number of thiophene rings is 1. The van der Waals surface area contributed by atoms with E-state index in [0.29, 0.717) is 27.4 Å².